The molecule has 0 aromatic heterocycles. The molecule has 0 aliphatic rings. The highest BCUT2D eigenvalue weighted by Gasteiger charge is 2.44. The first kappa shape index (κ1) is 22.4. The van der Waals surface area contributed by atoms with Crippen molar-refractivity contribution in [3.05, 3.63) is 133 Å². The van der Waals surface area contributed by atoms with Crippen LogP contribution in [0.3, 0.4) is 0 Å². The van der Waals surface area contributed by atoms with E-state index in [0.717, 1.165) is 31.0 Å². The van der Waals surface area contributed by atoms with Crippen molar-refractivity contribution in [2.75, 3.05) is 0 Å². The third-order valence-corrected chi connectivity index (χ3v) is 11.2. The molecule has 0 saturated heterocycles. The average Bonchev–Trinajstić information content (AvgIpc) is 2.88. The van der Waals surface area contributed by atoms with Crippen LogP contribution >= 0.6 is 10.3 Å². The predicted molar refractivity (Wildman–Crippen MR) is 140 cm³/mol. The molecule has 170 valence electrons. The van der Waals surface area contributed by atoms with Crippen molar-refractivity contribution >= 4 is 31.2 Å². The van der Waals surface area contributed by atoms with E-state index >= 15 is 0 Å². The Balaban J connectivity index is 1.86. The van der Waals surface area contributed by atoms with Crippen LogP contribution in [0.5, 0.6) is 0 Å². The van der Waals surface area contributed by atoms with E-state index in [9.17, 15) is 8.42 Å². The minimum absolute atomic E-state index is 0.196. The summed E-state index contributed by atoms with van der Waals surface area (Å²) in [5.74, 6) is 0. The second kappa shape index (κ2) is 9.11. The Morgan fingerprint density at radius 3 is 1.68 bits per heavy atom. The molecule has 0 aliphatic heterocycles. The standard InChI is InChI=1S/C29H24O3S2/c1-23-19-21-27(22-20-23)34(30,31)32-33(25-13-4-2-5-14-25,26-15-6-3-7-16-26)29-18-10-12-24-11-8-9-17-28(24)29/h2-22H,1H3/p+1. The van der Waals surface area contributed by atoms with Crippen molar-refractivity contribution in [2.24, 2.45) is 0 Å². The zero-order chi connectivity index (χ0) is 23.6. The van der Waals surface area contributed by atoms with Gasteiger partial charge in [-0.1, -0.05) is 90.5 Å². The minimum Gasteiger partial charge on any atom is -0.258 e. The van der Waals surface area contributed by atoms with Gasteiger partial charge < -0.3 is 0 Å². The lowest BCUT2D eigenvalue weighted by Gasteiger charge is -2.35. The van der Waals surface area contributed by atoms with Crippen molar-refractivity contribution in [2.45, 2.75) is 26.5 Å². The largest absolute Gasteiger partial charge is 0.422 e. The maximum absolute atomic E-state index is 13.9. The number of hydrogen-bond acceptors (Lipinski definition) is 2. The quantitative estimate of drug-likeness (QED) is 0.182. The topological polar surface area (TPSA) is 46.9 Å². The SMILES string of the molecule is Cc1ccc(S(=O)(=O)[OH+]S(c2ccccc2)(c2ccccc2)c2cccc3ccccc23)cc1. The molecule has 34 heavy (non-hydrogen) atoms. The Bertz CT molecular complexity index is 1480. The van der Waals surface area contributed by atoms with E-state index in [1.54, 1.807) is 12.1 Å². The Labute approximate surface area is 202 Å². The lowest BCUT2D eigenvalue weighted by molar-refractivity contribution is 0.387. The van der Waals surface area contributed by atoms with E-state index in [1.165, 1.54) is 0 Å². The minimum atomic E-state index is -3.99. The van der Waals surface area contributed by atoms with Gasteiger partial charge in [0.15, 0.2) is 0 Å². The van der Waals surface area contributed by atoms with Gasteiger partial charge in [-0.3, -0.25) is 3.63 Å². The van der Waals surface area contributed by atoms with Crippen LogP contribution in [0.25, 0.3) is 10.8 Å². The van der Waals surface area contributed by atoms with E-state index in [0.29, 0.717) is 0 Å². The van der Waals surface area contributed by atoms with Crippen LogP contribution < -0.4 is 0 Å². The molecule has 0 radical (unpaired) electrons. The molecule has 5 heteroatoms. The highest BCUT2D eigenvalue weighted by molar-refractivity contribution is 8.32. The van der Waals surface area contributed by atoms with Gasteiger partial charge in [0.05, 0.1) is 25.0 Å². The van der Waals surface area contributed by atoms with Crippen molar-refractivity contribution in [1.82, 2.24) is 0 Å². The second-order valence-electron chi connectivity index (χ2n) is 8.05. The number of benzene rings is 5. The van der Waals surface area contributed by atoms with Gasteiger partial charge in [-0.15, -0.1) is 8.42 Å². The molecule has 3 nitrogen and oxygen atoms in total. The van der Waals surface area contributed by atoms with Gasteiger partial charge in [-0.25, -0.2) is 0 Å². The van der Waals surface area contributed by atoms with Crippen LogP contribution in [-0.2, 0) is 10.1 Å². The van der Waals surface area contributed by atoms with Gasteiger partial charge in [0.1, 0.15) is 4.90 Å². The van der Waals surface area contributed by atoms with Gasteiger partial charge in [-0.2, -0.15) is 0 Å². The summed E-state index contributed by atoms with van der Waals surface area (Å²) in [4.78, 5) is 2.84. The predicted octanol–water partition coefficient (Wildman–Crippen LogP) is 7.83. The Hall–Kier alpha value is -3.38. The molecule has 1 N–H and O–H groups in total. The summed E-state index contributed by atoms with van der Waals surface area (Å²) < 4.78 is 32.6. The summed E-state index contributed by atoms with van der Waals surface area (Å²) in [5.41, 5.74) is 0.998. The summed E-state index contributed by atoms with van der Waals surface area (Å²) >= 11 is 0. The van der Waals surface area contributed by atoms with E-state index in [4.69, 9.17) is 3.63 Å². The Morgan fingerprint density at radius 2 is 1.06 bits per heavy atom. The molecule has 0 unspecified atom stereocenters. The molecular formula is C29H25O3S2+. The first-order valence-corrected chi connectivity index (χ1v) is 14.0. The first-order chi connectivity index (χ1) is 16.5. The van der Waals surface area contributed by atoms with E-state index in [1.807, 2.05) is 122 Å². The highest BCUT2D eigenvalue weighted by Crippen LogP contribution is 2.69. The molecule has 0 heterocycles. The Morgan fingerprint density at radius 1 is 0.529 bits per heavy atom. The third kappa shape index (κ3) is 4.03. The van der Waals surface area contributed by atoms with Crippen molar-refractivity contribution in [3.63, 3.8) is 0 Å². The number of rotatable bonds is 6. The van der Waals surface area contributed by atoms with Gasteiger partial charge in [0.25, 0.3) is 0 Å². The fraction of sp³-hybridized carbons (Fsp3) is 0.0345. The molecule has 0 aliphatic carbocycles. The van der Waals surface area contributed by atoms with Crippen LogP contribution in [0, 0.1) is 6.92 Å². The van der Waals surface area contributed by atoms with Gasteiger partial charge in [0.2, 0.25) is 0 Å². The molecule has 5 rings (SSSR count). The fourth-order valence-electron chi connectivity index (χ4n) is 4.10. The maximum Gasteiger partial charge on any atom is 0.422 e. The van der Waals surface area contributed by atoms with Crippen molar-refractivity contribution in [1.29, 1.82) is 0 Å². The average molecular weight is 486 g/mol. The maximum atomic E-state index is 13.9. The zero-order valence-electron chi connectivity index (χ0n) is 18.7. The van der Waals surface area contributed by atoms with Crippen LogP contribution in [0.2, 0.25) is 0 Å². The summed E-state index contributed by atoms with van der Waals surface area (Å²) in [5, 5.41) is 2.04. The second-order valence-corrected chi connectivity index (χ2v) is 12.6. The van der Waals surface area contributed by atoms with Gasteiger partial charge in [0, 0.05) is 5.39 Å². The molecule has 0 fully saturated rings. The van der Waals surface area contributed by atoms with E-state index < -0.39 is 20.4 Å². The number of aryl methyl sites for hydroxylation is 1. The lowest BCUT2D eigenvalue weighted by Crippen LogP contribution is -2.19. The van der Waals surface area contributed by atoms with Crippen LogP contribution in [-0.4, -0.2) is 12.0 Å². The molecule has 5 aromatic carbocycles. The number of hydrogen-bond donors (Lipinski definition) is 0. The molecular weight excluding hydrogens is 460 g/mol. The summed E-state index contributed by atoms with van der Waals surface area (Å²) in [6, 6.07) is 40.6. The van der Waals surface area contributed by atoms with Crippen LogP contribution in [0.15, 0.2) is 147 Å². The summed E-state index contributed by atoms with van der Waals surface area (Å²) in [6.45, 7) is 1.94. The first-order valence-electron chi connectivity index (χ1n) is 11.0. The lowest BCUT2D eigenvalue weighted by atomic mass is 10.1. The molecule has 0 amide bonds. The van der Waals surface area contributed by atoms with Crippen molar-refractivity contribution in [3.8, 4) is 0 Å². The highest BCUT2D eigenvalue weighted by atomic mass is 32.3. The van der Waals surface area contributed by atoms with E-state index in [2.05, 4.69) is 0 Å². The summed E-state index contributed by atoms with van der Waals surface area (Å²) in [7, 11) is -6.52. The van der Waals surface area contributed by atoms with Gasteiger partial charge >= 0.3 is 10.1 Å². The monoisotopic (exact) mass is 485 g/mol. The molecule has 0 atom stereocenters. The number of fused-ring (bicyclic) bond motifs is 1. The molecule has 0 bridgehead atoms. The van der Waals surface area contributed by atoms with Crippen molar-refractivity contribution < 1.29 is 12.0 Å². The Kier molecular flexibility index (Phi) is 6.00. The third-order valence-electron chi connectivity index (χ3n) is 5.77. The fourth-order valence-corrected chi connectivity index (χ4v) is 9.78. The molecule has 0 saturated carbocycles. The van der Waals surface area contributed by atoms with Crippen LogP contribution in [0.1, 0.15) is 5.56 Å². The van der Waals surface area contributed by atoms with Crippen LogP contribution in [0.4, 0.5) is 0 Å². The zero-order valence-corrected chi connectivity index (χ0v) is 20.3. The smallest absolute Gasteiger partial charge is 0.258 e. The summed E-state index contributed by atoms with van der Waals surface area (Å²) in [6.07, 6.45) is 0. The molecule has 0 spiro atoms. The van der Waals surface area contributed by atoms with Gasteiger partial charge in [-0.05, 0) is 54.8 Å². The molecule has 5 aromatic rings. The normalized spacial score (nSPS) is 12.5. The van der Waals surface area contributed by atoms with E-state index in [-0.39, 0.29) is 4.90 Å².